The van der Waals surface area contributed by atoms with E-state index in [4.69, 9.17) is 29.0 Å². The molecule has 1 aliphatic heterocycles. The zero-order valence-corrected chi connectivity index (χ0v) is 23.9. The predicted molar refractivity (Wildman–Crippen MR) is 137 cm³/mol. The van der Waals surface area contributed by atoms with Gasteiger partial charge in [0.05, 0.1) is 34.3 Å². The number of aromatic nitrogens is 4. The molecular formula is C22H35N6O11P. The minimum Gasteiger partial charge on any atom is -0.479 e. The fourth-order valence-electron chi connectivity index (χ4n) is 4.08. The van der Waals surface area contributed by atoms with E-state index in [-0.39, 0.29) is 35.3 Å². The molecule has 17 nitrogen and oxygen atoms in total. The summed E-state index contributed by atoms with van der Waals surface area (Å²) in [5.41, 5.74) is 4.24. The van der Waals surface area contributed by atoms with E-state index in [1.165, 1.54) is 24.9 Å². The number of esters is 2. The van der Waals surface area contributed by atoms with Gasteiger partial charge in [-0.15, -0.1) is 0 Å². The van der Waals surface area contributed by atoms with Crippen LogP contribution in [0.4, 0.5) is 5.95 Å². The van der Waals surface area contributed by atoms with Crippen LogP contribution in [0.1, 0.15) is 33.4 Å². The number of carbonyl (C=O) groups is 2. The molecule has 2 aromatic rings. The van der Waals surface area contributed by atoms with E-state index in [2.05, 4.69) is 24.8 Å². The fourth-order valence-corrected chi connectivity index (χ4v) is 5.52. The number of nitrogen functional groups attached to an aromatic ring is 1. The first-order chi connectivity index (χ1) is 18.8. The second kappa shape index (κ2) is 12.7. The predicted octanol–water partition coefficient (Wildman–Crippen LogP) is -0.0820. The van der Waals surface area contributed by atoms with Crippen LogP contribution in [0, 0.1) is 5.92 Å². The van der Waals surface area contributed by atoms with Crippen LogP contribution in [0.5, 0.6) is 5.88 Å². The third-order valence-electron chi connectivity index (χ3n) is 6.10. The van der Waals surface area contributed by atoms with Crippen LogP contribution >= 0.6 is 7.75 Å². The van der Waals surface area contributed by atoms with Crippen LogP contribution in [-0.2, 0) is 37.4 Å². The highest BCUT2D eigenvalue weighted by Crippen LogP contribution is 2.47. The Bertz CT molecular complexity index is 1260. The van der Waals surface area contributed by atoms with Crippen molar-refractivity contribution in [1.82, 2.24) is 24.6 Å². The summed E-state index contributed by atoms with van der Waals surface area (Å²) in [7, 11) is -0.770. The average Bonchev–Trinajstić information content (AvgIpc) is 3.42. The SMILES string of the molecule is COC(=O)COP(=O)(N[C@@H](CC(C)C)C(=O)OC)OC[C@H]1O[C@@H](n2cnc3c(OC)nc(N)nc32)[C@](C)(O)[C@@H]1O. The van der Waals surface area contributed by atoms with Gasteiger partial charge in [0.1, 0.15) is 23.9 Å². The number of hydrogen-bond donors (Lipinski definition) is 4. The normalized spacial score (nSPS) is 25.1. The summed E-state index contributed by atoms with van der Waals surface area (Å²) in [6.07, 6.45) is -2.60. The average molecular weight is 591 g/mol. The van der Waals surface area contributed by atoms with E-state index in [0.717, 1.165) is 14.2 Å². The van der Waals surface area contributed by atoms with Gasteiger partial charge in [-0.05, 0) is 19.3 Å². The van der Waals surface area contributed by atoms with Gasteiger partial charge in [0, 0.05) is 0 Å². The molecule has 0 amide bonds. The molecule has 2 aromatic heterocycles. The molecule has 0 aromatic carbocycles. The molecule has 40 heavy (non-hydrogen) atoms. The van der Waals surface area contributed by atoms with Gasteiger partial charge in [0.15, 0.2) is 24.0 Å². The molecule has 1 unspecified atom stereocenters. The minimum absolute atomic E-state index is 0.0250. The molecule has 3 rings (SSSR count). The van der Waals surface area contributed by atoms with Crippen molar-refractivity contribution >= 4 is 36.8 Å². The maximum Gasteiger partial charge on any atom is 0.406 e. The Morgan fingerprint density at radius 2 is 1.95 bits per heavy atom. The largest absolute Gasteiger partial charge is 0.479 e. The summed E-state index contributed by atoms with van der Waals surface area (Å²) in [6.45, 7) is 3.61. The van der Waals surface area contributed by atoms with Crippen molar-refractivity contribution in [1.29, 1.82) is 0 Å². The number of rotatable bonds is 13. The molecule has 1 aliphatic rings. The highest BCUT2D eigenvalue weighted by molar-refractivity contribution is 7.51. The highest BCUT2D eigenvalue weighted by Gasteiger charge is 2.54. The summed E-state index contributed by atoms with van der Waals surface area (Å²) in [5.74, 6) is -1.64. The number of nitrogens with two attached hydrogens (primary N) is 1. The standard InChI is InChI=1S/C22H35N6O11P/c1-11(2)7-12(19(31)36-6)27-40(33,38-9-14(29)34-4)37-8-13-16(30)22(3,32)20(39-13)28-10-24-15-17(28)25-21(23)26-18(15)35-5/h10-13,16,20,30,32H,7-9H2,1-6H3,(H,27,33)(H2,23,25,26)/t12-,13+,16+,20+,22+,40?/m0/s1. The first-order valence-electron chi connectivity index (χ1n) is 12.2. The molecular weight excluding hydrogens is 555 g/mol. The summed E-state index contributed by atoms with van der Waals surface area (Å²) in [5, 5.41) is 24.6. The third-order valence-corrected chi connectivity index (χ3v) is 7.69. The topological polar surface area (TPSA) is 229 Å². The van der Waals surface area contributed by atoms with E-state index in [1.54, 1.807) is 0 Å². The molecule has 3 heterocycles. The number of imidazole rings is 1. The molecule has 1 saturated heterocycles. The van der Waals surface area contributed by atoms with Gasteiger partial charge in [0.2, 0.25) is 11.8 Å². The van der Waals surface area contributed by atoms with E-state index in [1.807, 2.05) is 13.8 Å². The molecule has 0 saturated carbocycles. The lowest BCUT2D eigenvalue weighted by Gasteiger charge is -2.27. The quantitative estimate of drug-likeness (QED) is 0.176. The number of nitrogens with one attached hydrogen (secondary N) is 1. The van der Waals surface area contributed by atoms with E-state index in [0.29, 0.717) is 0 Å². The van der Waals surface area contributed by atoms with Crippen LogP contribution in [0.25, 0.3) is 11.2 Å². The lowest BCUT2D eigenvalue weighted by atomic mass is 9.96. The first-order valence-corrected chi connectivity index (χ1v) is 13.7. The van der Waals surface area contributed by atoms with Gasteiger partial charge >= 0.3 is 19.7 Å². The Morgan fingerprint density at radius 1 is 1.25 bits per heavy atom. The van der Waals surface area contributed by atoms with E-state index in [9.17, 15) is 24.4 Å². The minimum atomic E-state index is -4.42. The summed E-state index contributed by atoms with van der Waals surface area (Å²) in [6, 6.07) is -1.11. The summed E-state index contributed by atoms with van der Waals surface area (Å²) in [4.78, 5) is 36.3. The molecule has 224 valence electrons. The van der Waals surface area contributed by atoms with Crippen LogP contribution < -0.4 is 15.6 Å². The lowest BCUT2D eigenvalue weighted by molar-refractivity contribution is -0.143. The number of nitrogens with zero attached hydrogens (tertiary/aromatic N) is 4. The number of fused-ring (bicyclic) bond motifs is 1. The van der Waals surface area contributed by atoms with Crippen LogP contribution in [0.2, 0.25) is 0 Å². The number of aliphatic hydroxyl groups excluding tert-OH is 1. The number of methoxy groups -OCH3 is 3. The summed E-state index contributed by atoms with van der Waals surface area (Å²) >= 11 is 0. The van der Waals surface area contributed by atoms with Gasteiger partial charge in [-0.3, -0.25) is 18.4 Å². The molecule has 18 heteroatoms. The molecule has 0 spiro atoms. The summed E-state index contributed by atoms with van der Waals surface area (Å²) < 4.78 is 46.1. The van der Waals surface area contributed by atoms with Crippen LogP contribution in [0.3, 0.4) is 0 Å². The fraction of sp³-hybridized carbons (Fsp3) is 0.682. The zero-order valence-electron chi connectivity index (χ0n) is 23.0. The maximum absolute atomic E-state index is 13.6. The third kappa shape index (κ3) is 6.86. The molecule has 0 aliphatic carbocycles. The van der Waals surface area contributed by atoms with Crippen LogP contribution in [0.15, 0.2) is 6.33 Å². The van der Waals surface area contributed by atoms with E-state index < -0.39 is 63.0 Å². The van der Waals surface area contributed by atoms with Gasteiger partial charge < -0.3 is 34.9 Å². The van der Waals surface area contributed by atoms with Crippen molar-refractivity contribution < 1.29 is 52.4 Å². The molecule has 0 radical (unpaired) electrons. The van der Waals surface area contributed by atoms with E-state index >= 15 is 0 Å². The highest BCUT2D eigenvalue weighted by atomic mass is 31.2. The lowest BCUT2D eigenvalue weighted by Crippen LogP contribution is -2.44. The monoisotopic (exact) mass is 590 g/mol. The van der Waals surface area contributed by atoms with Crippen molar-refractivity contribution in [2.24, 2.45) is 5.92 Å². The maximum atomic E-state index is 13.6. The Labute approximate surface area is 229 Å². The Kier molecular flexibility index (Phi) is 10.1. The molecule has 6 atom stereocenters. The van der Waals surface area contributed by atoms with Gasteiger partial charge in [-0.2, -0.15) is 9.97 Å². The molecule has 1 fully saturated rings. The van der Waals surface area contributed by atoms with Crippen molar-refractivity contribution in [2.75, 3.05) is 40.3 Å². The number of ether oxygens (including phenoxy) is 4. The van der Waals surface area contributed by atoms with Crippen LogP contribution in [-0.4, -0.2) is 100 Å². The first kappa shape index (κ1) is 31.6. The van der Waals surface area contributed by atoms with Crippen molar-refractivity contribution in [3.63, 3.8) is 0 Å². The van der Waals surface area contributed by atoms with Crippen molar-refractivity contribution in [2.45, 2.75) is 57.3 Å². The van der Waals surface area contributed by atoms with Crippen molar-refractivity contribution in [3.05, 3.63) is 6.33 Å². The number of carbonyl (C=O) groups excluding carboxylic acids is 2. The second-order valence-electron chi connectivity index (χ2n) is 9.59. The number of aliphatic hydroxyl groups is 2. The van der Waals surface area contributed by atoms with Gasteiger partial charge in [0.25, 0.3) is 0 Å². The number of anilines is 1. The second-order valence-corrected chi connectivity index (χ2v) is 11.4. The smallest absolute Gasteiger partial charge is 0.406 e. The van der Waals surface area contributed by atoms with Gasteiger partial charge in [-0.1, -0.05) is 13.8 Å². The Morgan fingerprint density at radius 3 is 2.55 bits per heavy atom. The Balaban J connectivity index is 1.85. The number of hydrogen-bond acceptors (Lipinski definition) is 15. The van der Waals surface area contributed by atoms with Gasteiger partial charge in [-0.25, -0.2) is 19.4 Å². The molecule has 0 bridgehead atoms. The zero-order chi connectivity index (χ0) is 29.8. The molecule has 5 N–H and O–H groups in total. The Hall–Kier alpha value is -2.92. The van der Waals surface area contributed by atoms with Crippen molar-refractivity contribution in [3.8, 4) is 5.88 Å².